The number of methoxy groups -OCH3 is 2. The number of nitro groups is 1. The molecule has 1 aliphatic rings. The van der Waals surface area contributed by atoms with Gasteiger partial charge < -0.3 is 14.8 Å². The van der Waals surface area contributed by atoms with Crippen molar-refractivity contribution < 1.29 is 19.2 Å². The van der Waals surface area contributed by atoms with Crippen molar-refractivity contribution >= 4 is 28.6 Å². The van der Waals surface area contributed by atoms with Crippen molar-refractivity contribution in [1.82, 2.24) is 4.90 Å². The Morgan fingerprint density at radius 2 is 1.97 bits per heavy atom. The molecule has 1 amide bonds. The molecule has 33 heavy (non-hydrogen) atoms. The topological polar surface area (TPSA) is 93.9 Å². The van der Waals surface area contributed by atoms with Crippen molar-refractivity contribution in [3.05, 3.63) is 79.5 Å². The molecule has 1 aliphatic heterocycles. The van der Waals surface area contributed by atoms with Crippen molar-refractivity contribution in [3.8, 4) is 11.5 Å². The number of amides is 1. The van der Waals surface area contributed by atoms with Gasteiger partial charge in [0.05, 0.1) is 31.7 Å². The molecule has 172 valence electrons. The minimum absolute atomic E-state index is 0.0986. The fraction of sp³-hybridized carbons (Fsp3) is 0.292. The Balaban J connectivity index is 1.63. The van der Waals surface area contributed by atoms with Crippen LogP contribution in [0.5, 0.6) is 11.5 Å². The van der Waals surface area contributed by atoms with Crippen molar-refractivity contribution in [2.75, 3.05) is 32.6 Å². The molecule has 2 heterocycles. The highest BCUT2D eigenvalue weighted by atomic mass is 32.1. The van der Waals surface area contributed by atoms with E-state index in [0.717, 1.165) is 28.0 Å². The number of ether oxygens (including phenoxy) is 2. The normalized spacial score (nSPS) is 15.5. The lowest BCUT2D eigenvalue weighted by Gasteiger charge is -2.37. The fourth-order valence-corrected chi connectivity index (χ4v) is 5.10. The number of anilines is 1. The molecule has 1 atom stereocenters. The molecular weight excluding hydrogens is 442 g/mol. The number of nitrogens with one attached hydrogen (secondary N) is 1. The van der Waals surface area contributed by atoms with E-state index in [-0.39, 0.29) is 29.9 Å². The number of rotatable bonds is 7. The molecule has 2 aromatic carbocycles. The van der Waals surface area contributed by atoms with E-state index < -0.39 is 4.92 Å². The molecule has 0 saturated heterocycles. The lowest BCUT2D eigenvalue weighted by atomic mass is 9.91. The number of nitro benzene ring substituents is 1. The summed E-state index contributed by atoms with van der Waals surface area (Å²) in [5.41, 5.74) is 3.06. The Morgan fingerprint density at radius 1 is 1.21 bits per heavy atom. The van der Waals surface area contributed by atoms with Gasteiger partial charge in [-0.1, -0.05) is 12.1 Å². The maximum Gasteiger partial charge on any atom is 0.293 e. The molecule has 3 aromatic rings. The van der Waals surface area contributed by atoms with Gasteiger partial charge in [0.1, 0.15) is 5.69 Å². The maximum atomic E-state index is 13.0. The van der Waals surface area contributed by atoms with E-state index in [0.29, 0.717) is 18.0 Å². The van der Waals surface area contributed by atoms with E-state index in [1.165, 1.54) is 6.07 Å². The molecule has 9 heteroatoms. The second kappa shape index (κ2) is 9.60. The first kappa shape index (κ1) is 22.8. The molecule has 0 unspecified atom stereocenters. The lowest BCUT2D eigenvalue weighted by Crippen LogP contribution is -2.41. The molecule has 4 rings (SSSR count). The van der Waals surface area contributed by atoms with Gasteiger partial charge in [-0.2, -0.15) is 0 Å². The predicted octanol–water partition coefficient (Wildman–Crippen LogP) is 4.57. The number of benzene rings is 2. The van der Waals surface area contributed by atoms with Crippen LogP contribution in [0.1, 0.15) is 27.6 Å². The van der Waals surface area contributed by atoms with Gasteiger partial charge >= 0.3 is 0 Å². The molecule has 0 radical (unpaired) electrons. The number of fused-ring (bicyclic) bond motifs is 1. The van der Waals surface area contributed by atoms with E-state index in [4.69, 9.17) is 9.47 Å². The zero-order chi connectivity index (χ0) is 23.5. The SMILES string of the molecule is COc1cc2c(cc1OC)[C@@H](c1cccs1)N(CC(=O)Nc1ccc(C)cc1[N+](=O)[O-])CC2. The predicted molar refractivity (Wildman–Crippen MR) is 127 cm³/mol. The van der Waals surface area contributed by atoms with Crippen LogP contribution in [-0.2, 0) is 11.2 Å². The first-order valence-corrected chi connectivity index (χ1v) is 11.4. The second-order valence-corrected chi connectivity index (χ2v) is 8.85. The van der Waals surface area contributed by atoms with Gasteiger partial charge in [0.2, 0.25) is 5.91 Å². The number of carbonyl (C=O) groups excluding carboxylic acids is 1. The number of thiophene rings is 1. The van der Waals surface area contributed by atoms with Crippen LogP contribution in [0, 0.1) is 17.0 Å². The molecular formula is C24H25N3O5S. The zero-order valence-electron chi connectivity index (χ0n) is 18.7. The minimum atomic E-state index is -0.478. The molecule has 0 bridgehead atoms. The van der Waals surface area contributed by atoms with E-state index in [2.05, 4.69) is 16.3 Å². The maximum absolute atomic E-state index is 13.0. The third kappa shape index (κ3) is 4.69. The summed E-state index contributed by atoms with van der Waals surface area (Å²) in [6.07, 6.45) is 0.746. The summed E-state index contributed by atoms with van der Waals surface area (Å²) in [5.74, 6) is 1.02. The molecule has 0 fully saturated rings. The van der Waals surface area contributed by atoms with Crippen LogP contribution in [0.25, 0.3) is 0 Å². The Labute approximate surface area is 195 Å². The van der Waals surface area contributed by atoms with Crippen molar-refractivity contribution in [2.24, 2.45) is 0 Å². The van der Waals surface area contributed by atoms with Gasteiger partial charge in [-0.15, -0.1) is 11.3 Å². The molecule has 8 nitrogen and oxygen atoms in total. The van der Waals surface area contributed by atoms with Crippen molar-refractivity contribution in [3.63, 3.8) is 0 Å². The minimum Gasteiger partial charge on any atom is -0.493 e. The fourth-order valence-electron chi connectivity index (χ4n) is 4.22. The van der Waals surface area contributed by atoms with Gasteiger partial charge in [0, 0.05) is 17.5 Å². The van der Waals surface area contributed by atoms with Crippen LogP contribution in [0.3, 0.4) is 0 Å². The monoisotopic (exact) mass is 467 g/mol. The van der Waals surface area contributed by atoms with Gasteiger partial charge in [0.15, 0.2) is 11.5 Å². The van der Waals surface area contributed by atoms with Crippen LogP contribution in [-0.4, -0.2) is 43.0 Å². The summed E-state index contributed by atoms with van der Waals surface area (Å²) in [6, 6.07) is 12.7. The van der Waals surface area contributed by atoms with E-state index >= 15 is 0 Å². The van der Waals surface area contributed by atoms with Gasteiger partial charge in [0.25, 0.3) is 5.69 Å². The number of aryl methyl sites for hydroxylation is 1. The van der Waals surface area contributed by atoms with E-state index in [9.17, 15) is 14.9 Å². The van der Waals surface area contributed by atoms with Crippen LogP contribution in [0.4, 0.5) is 11.4 Å². The summed E-state index contributed by atoms with van der Waals surface area (Å²) in [4.78, 5) is 27.1. The standard InChI is InChI=1S/C24H25N3O5S/c1-15-6-7-18(19(11-15)27(29)30)25-23(28)14-26-9-8-16-12-20(31-2)21(32-3)13-17(16)24(26)22-5-4-10-33-22/h4-7,10-13,24H,8-9,14H2,1-3H3,(H,25,28)/t24-/m0/s1. The average molecular weight is 468 g/mol. The van der Waals surface area contributed by atoms with Crippen molar-refractivity contribution in [1.29, 1.82) is 0 Å². The largest absolute Gasteiger partial charge is 0.493 e. The van der Waals surface area contributed by atoms with Crippen LogP contribution < -0.4 is 14.8 Å². The van der Waals surface area contributed by atoms with Crippen LogP contribution >= 0.6 is 11.3 Å². The van der Waals surface area contributed by atoms with Crippen molar-refractivity contribution in [2.45, 2.75) is 19.4 Å². The van der Waals surface area contributed by atoms with Crippen LogP contribution in [0.15, 0.2) is 47.8 Å². The number of carbonyl (C=O) groups is 1. The van der Waals surface area contributed by atoms with Gasteiger partial charge in [-0.25, -0.2) is 0 Å². The first-order valence-electron chi connectivity index (χ1n) is 10.5. The first-order chi connectivity index (χ1) is 15.9. The Bertz CT molecular complexity index is 1180. The van der Waals surface area contributed by atoms with E-state index in [1.807, 2.05) is 23.6 Å². The molecule has 1 N–H and O–H groups in total. The summed E-state index contributed by atoms with van der Waals surface area (Å²) in [5, 5.41) is 16.2. The number of nitrogens with zero attached hydrogens (tertiary/aromatic N) is 2. The van der Waals surface area contributed by atoms with Gasteiger partial charge in [-0.3, -0.25) is 19.8 Å². The second-order valence-electron chi connectivity index (χ2n) is 7.87. The molecule has 1 aromatic heterocycles. The molecule has 0 aliphatic carbocycles. The van der Waals surface area contributed by atoms with Gasteiger partial charge in [-0.05, 0) is 59.7 Å². The summed E-state index contributed by atoms with van der Waals surface area (Å²) in [7, 11) is 3.22. The Kier molecular flexibility index (Phi) is 6.62. The quantitative estimate of drug-likeness (QED) is 0.404. The summed E-state index contributed by atoms with van der Waals surface area (Å²) in [6.45, 7) is 2.54. The summed E-state index contributed by atoms with van der Waals surface area (Å²) >= 11 is 1.62. The Morgan fingerprint density at radius 3 is 2.64 bits per heavy atom. The highest BCUT2D eigenvalue weighted by Crippen LogP contribution is 2.42. The third-order valence-electron chi connectivity index (χ3n) is 5.76. The highest BCUT2D eigenvalue weighted by Gasteiger charge is 2.32. The summed E-state index contributed by atoms with van der Waals surface area (Å²) < 4.78 is 11.0. The lowest BCUT2D eigenvalue weighted by molar-refractivity contribution is -0.384. The molecule has 0 spiro atoms. The highest BCUT2D eigenvalue weighted by molar-refractivity contribution is 7.10. The third-order valence-corrected chi connectivity index (χ3v) is 6.68. The zero-order valence-corrected chi connectivity index (χ0v) is 19.5. The number of hydrogen-bond acceptors (Lipinski definition) is 7. The number of hydrogen-bond donors (Lipinski definition) is 1. The molecule has 0 saturated carbocycles. The Hall–Kier alpha value is -3.43. The average Bonchev–Trinajstić information content (AvgIpc) is 3.33. The smallest absolute Gasteiger partial charge is 0.293 e. The van der Waals surface area contributed by atoms with E-state index in [1.54, 1.807) is 44.6 Å². The van der Waals surface area contributed by atoms with Crippen LogP contribution in [0.2, 0.25) is 0 Å².